The van der Waals surface area contributed by atoms with Crippen LogP contribution in [-0.4, -0.2) is 29.3 Å². The van der Waals surface area contributed by atoms with Gasteiger partial charge in [-0.2, -0.15) is 0 Å². The summed E-state index contributed by atoms with van der Waals surface area (Å²) in [5, 5.41) is 11.9. The van der Waals surface area contributed by atoms with Gasteiger partial charge in [-0.1, -0.05) is 0 Å². The fourth-order valence-corrected chi connectivity index (χ4v) is 3.77. The molecule has 0 aromatic heterocycles. The van der Waals surface area contributed by atoms with Crippen molar-refractivity contribution in [3.8, 4) is 0 Å². The smallest absolute Gasteiger partial charge is 0.404 e. The molecule has 1 amide bonds. The zero-order valence-corrected chi connectivity index (χ0v) is 11.6. The number of carboxylic acid groups (broad SMARTS) is 1. The van der Waals surface area contributed by atoms with Crippen LogP contribution >= 0.6 is 0 Å². The van der Waals surface area contributed by atoms with Gasteiger partial charge in [-0.25, -0.2) is 4.79 Å². The summed E-state index contributed by atoms with van der Waals surface area (Å²) in [7, 11) is 0. The molecule has 5 heteroatoms. The Morgan fingerprint density at radius 1 is 0.895 bits per heavy atom. The van der Waals surface area contributed by atoms with E-state index in [1.165, 1.54) is 0 Å². The van der Waals surface area contributed by atoms with Crippen molar-refractivity contribution in [3.05, 3.63) is 0 Å². The Balaban J connectivity index is 1.96. The Hall–Kier alpha value is -0.810. The minimum Gasteiger partial charge on any atom is -0.465 e. The van der Waals surface area contributed by atoms with Crippen molar-refractivity contribution >= 4 is 6.09 Å². The molecule has 0 heterocycles. The van der Waals surface area contributed by atoms with Gasteiger partial charge < -0.3 is 21.9 Å². The van der Waals surface area contributed by atoms with E-state index in [1.54, 1.807) is 0 Å². The molecule has 6 N–H and O–H groups in total. The summed E-state index contributed by atoms with van der Waals surface area (Å²) < 4.78 is 0. The Morgan fingerprint density at radius 2 is 1.26 bits per heavy atom. The molecule has 2 saturated carbocycles. The fourth-order valence-electron chi connectivity index (χ4n) is 3.77. The maximum absolute atomic E-state index is 11.1. The lowest BCUT2D eigenvalue weighted by molar-refractivity contribution is 0.141. The van der Waals surface area contributed by atoms with Crippen molar-refractivity contribution in [1.82, 2.24) is 5.32 Å². The second-order valence-electron chi connectivity index (χ2n) is 6.32. The fraction of sp³-hybridized carbons (Fsp3) is 0.929. The van der Waals surface area contributed by atoms with Crippen molar-refractivity contribution in [1.29, 1.82) is 0 Å². The van der Waals surface area contributed by atoms with Crippen LogP contribution in [0.15, 0.2) is 0 Å². The van der Waals surface area contributed by atoms with E-state index in [0.29, 0.717) is 23.9 Å². The van der Waals surface area contributed by atoms with E-state index < -0.39 is 6.09 Å². The molecule has 0 bridgehead atoms. The van der Waals surface area contributed by atoms with E-state index in [1.807, 2.05) is 0 Å². The van der Waals surface area contributed by atoms with Crippen LogP contribution < -0.4 is 16.8 Å². The summed E-state index contributed by atoms with van der Waals surface area (Å²) in [6, 6.07) is 0.709. The molecular formula is C14H27N3O2. The molecule has 0 aliphatic heterocycles. The topological polar surface area (TPSA) is 101 Å². The lowest BCUT2D eigenvalue weighted by Gasteiger charge is -2.39. The minimum atomic E-state index is -0.894. The summed E-state index contributed by atoms with van der Waals surface area (Å²) in [5.74, 6) is 0.908. The number of nitrogens with one attached hydrogen (secondary N) is 1. The first-order chi connectivity index (χ1) is 9.06. The number of hydrogen-bond donors (Lipinski definition) is 4. The third-order valence-electron chi connectivity index (χ3n) is 4.94. The molecule has 19 heavy (non-hydrogen) atoms. The van der Waals surface area contributed by atoms with Gasteiger partial charge in [-0.15, -0.1) is 0 Å². The van der Waals surface area contributed by atoms with Gasteiger partial charge >= 0.3 is 6.09 Å². The van der Waals surface area contributed by atoms with Gasteiger partial charge in [-0.3, -0.25) is 0 Å². The highest BCUT2D eigenvalue weighted by molar-refractivity contribution is 5.65. The van der Waals surface area contributed by atoms with Crippen LogP contribution in [0.5, 0.6) is 0 Å². The lowest BCUT2D eigenvalue weighted by Crippen LogP contribution is -2.48. The van der Waals surface area contributed by atoms with Crippen LogP contribution in [0.3, 0.4) is 0 Å². The zero-order valence-electron chi connectivity index (χ0n) is 11.6. The summed E-state index contributed by atoms with van der Waals surface area (Å²) in [5.41, 5.74) is 11.9. The standard InChI is InChI=1S/C14H27N3O2/c15-11-5-1-9(2-6-11)13(17-14(18)19)10-3-7-12(16)8-4-10/h9-13,17H,1-8,15-16H2,(H,18,19). The van der Waals surface area contributed by atoms with Crippen LogP contribution in [0.2, 0.25) is 0 Å². The van der Waals surface area contributed by atoms with Gasteiger partial charge in [-0.05, 0) is 63.2 Å². The van der Waals surface area contributed by atoms with E-state index in [-0.39, 0.29) is 6.04 Å². The molecule has 0 radical (unpaired) electrons. The number of carbonyl (C=O) groups is 1. The van der Waals surface area contributed by atoms with Crippen LogP contribution in [0.4, 0.5) is 4.79 Å². The Labute approximate surface area is 115 Å². The average Bonchev–Trinajstić information content (AvgIpc) is 2.38. The Kier molecular flexibility index (Phi) is 5.05. The van der Waals surface area contributed by atoms with Crippen molar-refractivity contribution in [2.45, 2.75) is 69.5 Å². The predicted octanol–water partition coefficient (Wildman–Crippen LogP) is 1.66. The molecule has 2 rings (SSSR count). The van der Waals surface area contributed by atoms with Crippen LogP contribution in [0.1, 0.15) is 51.4 Å². The number of hydrogen-bond acceptors (Lipinski definition) is 3. The maximum Gasteiger partial charge on any atom is 0.404 e. The van der Waals surface area contributed by atoms with E-state index in [4.69, 9.17) is 16.6 Å². The maximum atomic E-state index is 11.1. The second-order valence-corrected chi connectivity index (χ2v) is 6.32. The summed E-state index contributed by atoms with van der Waals surface area (Å²) in [6.07, 6.45) is 7.40. The molecule has 0 unspecified atom stereocenters. The summed E-state index contributed by atoms with van der Waals surface area (Å²) in [6.45, 7) is 0. The molecule has 2 fully saturated rings. The first-order valence-corrected chi connectivity index (χ1v) is 7.57. The highest BCUT2D eigenvalue weighted by atomic mass is 16.4. The van der Waals surface area contributed by atoms with Gasteiger partial charge in [0.1, 0.15) is 0 Å². The van der Waals surface area contributed by atoms with Gasteiger partial charge in [0.05, 0.1) is 0 Å². The van der Waals surface area contributed by atoms with E-state index in [9.17, 15) is 4.79 Å². The van der Waals surface area contributed by atoms with Crippen molar-refractivity contribution in [3.63, 3.8) is 0 Å². The molecule has 0 saturated heterocycles. The van der Waals surface area contributed by atoms with Crippen molar-refractivity contribution in [2.24, 2.45) is 23.3 Å². The van der Waals surface area contributed by atoms with Gasteiger partial charge in [0.2, 0.25) is 0 Å². The zero-order chi connectivity index (χ0) is 13.8. The summed E-state index contributed by atoms with van der Waals surface area (Å²) >= 11 is 0. The van der Waals surface area contributed by atoms with Crippen LogP contribution in [-0.2, 0) is 0 Å². The average molecular weight is 269 g/mol. The largest absolute Gasteiger partial charge is 0.465 e. The number of amides is 1. The predicted molar refractivity (Wildman–Crippen MR) is 74.8 cm³/mol. The van der Waals surface area contributed by atoms with Gasteiger partial charge in [0.25, 0.3) is 0 Å². The number of rotatable bonds is 3. The normalized spacial score (nSPS) is 37.6. The van der Waals surface area contributed by atoms with Gasteiger partial charge in [0.15, 0.2) is 0 Å². The first-order valence-electron chi connectivity index (χ1n) is 7.57. The van der Waals surface area contributed by atoms with E-state index in [0.717, 1.165) is 51.4 Å². The molecule has 0 atom stereocenters. The molecule has 2 aliphatic carbocycles. The molecule has 0 spiro atoms. The van der Waals surface area contributed by atoms with Crippen LogP contribution in [0, 0.1) is 11.8 Å². The Morgan fingerprint density at radius 3 is 1.58 bits per heavy atom. The lowest BCUT2D eigenvalue weighted by atomic mass is 9.72. The van der Waals surface area contributed by atoms with E-state index in [2.05, 4.69) is 5.32 Å². The SMILES string of the molecule is NC1CCC(C(NC(=O)O)C2CCC(N)CC2)CC1. The van der Waals surface area contributed by atoms with Gasteiger partial charge in [0, 0.05) is 18.1 Å². The third-order valence-corrected chi connectivity index (χ3v) is 4.94. The molecular weight excluding hydrogens is 242 g/mol. The highest BCUT2D eigenvalue weighted by Crippen LogP contribution is 2.35. The molecule has 0 aromatic carbocycles. The summed E-state index contributed by atoms with van der Waals surface area (Å²) in [4.78, 5) is 11.1. The molecule has 2 aliphatic rings. The van der Waals surface area contributed by atoms with Crippen molar-refractivity contribution in [2.75, 3.05) is 0 Å². The minimum absolute atomic E-state index is 0.0949. The van der Waals surface area contributed by atoms with E-state index >= 15 is 0 Å². The quantitative estimate of drug-likeness (QED) is 0.625. The van der Waals surface area contributed by atoms with Crippen LogP contribution in [0.25, 0.3) is 0 Å². The Bertz CT molecular complexity index is 273. The molecule has 0 aromatic rings. The van der Waals surface area contributed by atoms with Crippen molar-refractivity contribution < 1.29 is 9.90 Å². The highest BCUT2D eigenvalue weighted by Gasteiger charge is 2.34. The first kappa shape index (κ1) is 14.6. The number of nitrogens with two attached hydrogens (primary N) is 2. The molecule has 5 nitrogen and oxygen atoms in total. The third kappa shape index (κ3) is 4.08. The molecule has 110 valence electrons. The monoisotopic (exact) mass is 269 g/mol. The second kappa shape index (κ2) is 6.57.